The average molecular weight is 472 g/mol. The van der Waals surface area contributed by atoms with Crippen LogP contribution in [0.3, 0.4) is 0 Å². The van der Waals surface area contributed by atoms with E-state index in [-0.39, 0.29) is 29.8 Å². The van der Waals surface area contributed by atoms with Gasteiger partial charge in [-0.2, -0.15) is 0 Å². The number of nitrogens with zero attached hydrogens (tertiary/aromatic N) is 2. The summed E-state index contributed by atoms with van der Waals surface area (Å²) in [7, 11) is 1.60. The zero-order valence-electron chi connectivity index (χ0n) is 15.4. The van der Waals surface area contributed by atoms with Gasteiger partial charge in [-0.25, -0.2) is 14.4 Å². The van der Waals surface area contributed by atoms with Crippen molar-refractivity contribution < 1.29 is 9.13 Å². The minimum atomic E-state index is -0.200. The number of nitrogens with one attached hydrogen (secondary N) is 2. The maximum absolute atomic E-state index is 13.2. The first kappa shape index (κ1) is 22.1. The average Bonchev–Trinajstić information content (AvgIpc) is 2.61. The highest BCUT2D eigenvalue weighted by molar-refractivity contribution is 14.0. The fraction of sp³-hybridized carbons (Fsp3) is 0.368. The lowest BCUT2D eigenvalue weighted by atomic mass is 10.1. The molecular formula is C19H26FIN4O. The first-order valence-electron chi connectivity index (χ1n) is 8.39. The van der Waals surface area contributed by atoms with Crippen LogP contribution in [0.5, 0.6) is 5.88 Å². The number of methoxy groups -OCH3 is 1. The van der Waals surface area contributed by atoms with E-state index in [1.807, 2.05) is 32.0 Å². The second-order valence-electron chi connectivity index (χ2n) is 5.61. The molecule has 0 unspecified atom stereocenters. The van der Waals surface area contributed by atoms with Crippen molar-refractivity contribution in [1.82, 2.24) is 15.6 Å². The van der Waals surface area contributed by atoms with Gasteiger partial charge >= 0.3 is 0 Å². The van der Waals surface area contributed by atoms with Crippen LogP contribution in [-0.4, -0.2) is 31.1 Å². The van der Waals surface area contributed by atoms with Crippen LogP contribution < -0.4 is 15.4 Å². The highest BCUT2D eigenvalue weighted by Crippen LogP contribution is 2.14. The minimum Gasteiger partial charge on any atom is -0.481 e. The first-order chi connectivity index (χ1) is 12.1. The molecule has 0 atom stereocenters. The number of aliphatic imine (C=N–C) groups is 1. The number of guanidine groups is 1. The van der Waals surface area contributed by atoms with E-state index < -0.39 is 0 Å². The molecule has 1 aromatic carbocycles. The number of halogens is 2. The molecule has 2 aromatic rings. The normalized spacial score (nSPS) is 10.8. The lowest BCUT2D eigenvalue weighted by molar-refractivity contribution is 0.392. The summed E-state index contributed by atoms with van der Waals surface area (Å²) in [6, 6.07) is 8.70. The lowest BCUT2D eigenvalue weighted by Gasteiger charge is -2.12. The number of rotatable bonds is 7. The molecule has 0 amide bonds. The molecular weight excluding hydrogens is 446 g/mol. The molecule has 0 aliphatic carbocycles. The highest BCUT2D eigenvalue weighted by atomic mass is 127. The van der Waals surface area contributed by atoms with Crippen LogP contribution in [-0.2, 0) is 13.0 Å². The van der Waals surface area contributed by atoms with Crippen molar-refractivity contribution in [2.75, 3.05) is 20.2 Å². The second-order valence-corrected chi connectivity index (χ2v) is 5.61. The second kappa shape index (κ2) is 11.7. The van der Waals surface area contributed by atoms with Gasteiger partial charge in [-0.15, -0.1) is 24.0 Å². The van der Waals surface area contributed by atoms with Crippen LogP contribution in [0, 0.1) is 12.7 Å². The van der Waals surface area contributed by atoms with E-state index in [9.17, 15) is 4.39 Å². The molecule has 2 N–H and O–H groups in total. The smallest absolute Gasteiger partial charge is 0.218 e. The third-order valence-corrected chi connectivity index (χ3v) is 3.79. The SMILES string of the molecule is CCNC(=NCc1cccnc1OC)NCCc1ccc(F)cc1C.I. The zero-order valence-corrected chi connectivity index (χ0v) is 17.7. The Hall–Kier alpha value is -1.90. The van der Waals surface area contributed by atoms with Crippen molar-refractivity contribution in [3.8, 4) is 5.88 Å². The van der Waals surface area contributed by atoms with Gasteiger partial charge in [0, 0.05) is 24.8 Å². The Balaban J connectivity index is 0.00000338. The minimum absolute atomic E-state index is 0. The molecule has 5 nitrogen and oxygen atoms in total. The maximum atomic E-state index is 13.2. The van der Waals surface area contributed by atoms with E-state index >= 15 is 0 Å². The predicted octanol–water partition coefficient (Wildman–Crippen LogP) is 3.45. The number of hydrogen-bond acceptors (Lipinski definition) is 3. The Labute approximate surface area is 171 Å². The lowest BCUT2D eigenvalue weighted by Crippen LogP contribution is -2.38. The molecule has 7 heteroatoms. The van der Waals surface area contributed by atoms with E-state index in [1.165, 1.54) is 6.07 Å². The summed E-state index contributed by atoms with van der Waals surface area (Å²) >= 11 is 0. The van der Waals surface area contributed by atoms with Gasteiger partial charge in [-0.3, -0.25) is 0 Å². The van der Waals surface area contributed by atoms with E-state index in [0.29, 0.717) is 19.0 Å². The number of ether oxygens (including phenoxy) is 1. The molecule has 0 saturated heterocycles. The number of benzene rings is 1. The fourth-order valence-corrected chi connectivity index (χ4v) is 2.49. The molecule has 1 aromatic heterocycles. The molecule has 0 radical (unpaired) electrons. The summed E-state index contributed by atoms with van der Waals surface area (Å²) in [5.41, 5.74) is 3.01. The van der Waals surface area contributed by atoms with Gasteiger partial charge in [0.05, 0.1) is 13.7 Å². The molecule has 142 valence electrons. The maximum Gasteiger partial charge on any atom is 0.218 e. The summed E-state index contributed by atoms with van der Waals surface area (Å²) < 4.78 is 18.4. The highest BCUT2D eigenvalue weighted by Gasteiger charge is 2.04. The van der Waals surface area contributed by atoms with Crippen molar-refractivity contribution >= 4 is 29.9 Å². The number of pyridine rings is 1. The van der Waals surface area contributed by atoms with Gasteiger partial charge in [-0.05, 0) is 49.6 Å². The van der Waals surface area contributed by atoms with E-state index in [2.05, 4.69) is 20.6 Å². The van der Waals surface area contributed by atoms with Crippen molar-refractivity contribution in [1.29, 1.82) is 0 Å². The fourth-order valence-electron chi connectivity index (χ4n) is 2.49. The van der Waals surface area contributed by atoms with Crippen LogP contribution in [0.25, 0.3) is 0 Å². The molecule has 0 aliphatic rings. The van der Waals surface area contributed by atoms with Crippen LogP contribution in [0.2, 0.25) is 0 Å². The van der Waals surface area contributed by atoms with Crippen molar-refractivity contribution in [3.63, 3.8) is 0 Å². The van der Waals surface area contributed by atoms with Crippen LogP contribution >= 0.6 is 24.0 Å². The van der Waals surface area contributed by atoms with Crippen molar-refractivity contribution in [2.45, 2.75) is 26.8 Å². The summed E-state index contributed by atoms with van der Waals surface area (Å²) in [5.74, 6) is 1.12. The van der Waals surface area contributed by atoms with Gasteiger partial charge < -0.3 is 15.4 Å². The Morgan fingerprint density at radius 1 is 1.23 bits per heavy atom. The molecule has 0 saturated carbocycles. The number of hydrogen-bond donors (Lipinski definition) is 2. The topological polar surface area (TPSA) is 58.5 Å². The van der Waals surface area contributed by atoms with Gasteiger partial charge in [0.15, 0.2) is 5.96 Å². The largest absolute Gasteiger partial charge is 0.481 e. The van der Waals surface area contributed by atoms with E-state index in [0.717, 1.165) is 35.6 Å². The summed E-state index contributed by atoms with van der Waals surface area (Å²) in [5, 5.41) is 6.52. The van der Waals surface area contributed by atoms with Crippen LogP contribution in [0.1, 0.15) is 23.6 Å². The third kappa shape index (κ3) is 6.78. The Kier molecular flexibility index (Phi) is 9.93. The number of aryl methyl sites for hydroxylation is 1. The summed E-state index contributed by atoms with van der Waals surface area (Å²) in [6.45, 7) is 5.90. The van der Waals surface area contributed by atoms with Gasteiger partial charge in [-0.1, -0.05) is 12.1 Å². The predicted molar refractivity (Wildman–Crippen MR) is 114 cm³/mol. The monoisotopic (exact) mass is 472 g/mol. The van der Waals surface area contributed by atoms with Crippen LogP contribution in [0.15, 0.2) is 41.5 Å². The van der Waals surface area contributed by atoms with Crippen LogP contribution in [0.4, 0.5) is 4.39 Å². The molecule has 2 rings (SSSR count). The Bertz CT molecular complexity index is 724. The number of aromatic nitrogens is 1. The van der Waals surface area contributed by atoms with Crippen molar-refractivity contribution in [3.05, 3.63) is 59.0 Å². The quantitative estimate of drug-likeness (QED) is 0.368. The summed E-state index contributed by atoms with van der Waals surface area (Å²) in [4.78, 5) is 8.75. The van der Waals surface area contributed by atoms with Crippen molar-refractivity contribution in [2.24, 2.45) is 4.99 Å². The van der Waals surface area contributed by atoms with Gasteiger partial charge in [0.2, 0.25) is 5.88 Å². The van der Waals surface area contributed by atoms with Gasteiger partial charge in [0.1, 0.15) is 5.82 Å². The van der Waals surface area contributed by atoms with E-state index in [4.69, 9.17) is 4.74 Å². The first-order valence-corrected chi connectivity index (χ1v) is 8.39. The standard InChI is InChI=1S/C19H25FN4O.HI/c1-4-21-19(24-13-16-6-5-10-22-18(16)25-3)23-11-9-15-7-8-17(20)12-14(15)2;/h5-8,10,12H,4,9,11,13H2,1-3H3,(H2,21,23,24);1H. The molecule has 1 heterocycles. The molecule has 0 aliphatic heterocycles. The molecule has 0 bridgehead atoms. The van der Waals surface area contributed by atoms with Gasteiger partial charge in [0.25, 0.3) is 0 Å². The molecule has 0 fully saturated rings. The Morgan fingerprint density at radius 3 is 2.73 bits per heavy atom. The molecule has 26 heavy (non-hydrogen) atoms. The third-order valence-electron chi connectivity index (χ3n) is 3.79. The summed E-state index contributed by atoms with van der Waals surface area (Å²) in [6.07, 6.45) is 2.49. The van der Waals surface area contributed by atoms with E-state index in [1.54, 1.807) is 19.4 Å². The molecule has 0 spiro atoms. The zero-order chi connectivity index (χ0) is 18.1. The Morgan fingerprint density at radius 2 is 2.04 bits per heavy atom.